The van der Waals surface area contributed by atoms with Crippen LogP contribution in [0.25, 0.3) is 0 Å². The minimum Gasteiger partial charge on any atom is -0.324 e. The third kappa shape index (κ3) is 3.14. The Morgan fingerprint density at radius 3 is 2.82 bits per heavy atom. The van der Waals surface area contributed by atoms with E-state index in [2.05, 4.69) is 42.2 Å². The maximum atomic E-state index is 6.18. The lowest BCUT2D eigenvalue weighted by Crippen LogP contribution is -2.14. The summed E-state index contributed by atoms with van der Waals surface area (Å²) in [7, 11) is 1.84. The fourth-order valence-corrected chi connectivity index (χ4v) is 2.54. The first kappa shape index (κ1) is 12.7. The monoisotopic (exact) mass is 358 g/mol. The zero-order chi connectivity index (χ0) is 12.4. The van der Waals surface area contributed by atoms with Crippen molar-refractivity contribution in [2.75, 3.05) is 0 Å². The molecule has 0 fully saturated rings. The van der Waals surface area contributed by atoms with E-state index >= 15 is 0 Å². The smallest absolute Gasteiger partial charge is 0.0845 e. The van der Waals surface area contributed by atoms with Gasteiger partial charge >= 0.3 is 0 Å². The number of hydrogen-bond acceptors (Lipinski definition) is 3. The zero-order valence-corrected chi connectivity index (χ0v) is 12.4. The van der Waals surface area contributed by atoms with Crippen molar-refractivity contribution < 1.29 is 0 Å². The highest BCUT2D eigenvalue weighted by Gasteiger charge is 2.13. The van der Waals surface area contributed by atoms with Crippen LogP contribution >= 0.6 is 31.9 Å². The molecule has 0 saturated heterocycles. The van der Waals surface area contributed by atoms with Gasteiger partial charge in [0.1, 0.15) is 0 Å². The molecule has 2 N–H and O–H groups in total. The van der Waals surface area contributed by atoms with Crippen LogP contribution in [0, 0.1) is 0 Å². The summed E-state index contributed by atoms with van der Waals surface area (Å²) in [4.78, 5) is 0. The largest absolute Gasteiger partial charge is 0.324 e. The zero-order valence-electron chi connectivity index (χ0n) is 9.27. The van der Waals surface area contributed by atoms with E-state index in [0.717, 1.165) is 20.2 Å². The third-order valence-corrected chi connectivity index (χ3v) is 3.65. The maximum absolute atomic E-state index is 6.18. The molecule has 0 aliphatic carbocycles. The molecule has 0 aliphatic rings. The molecule has 2 aromatic rings. The first-order valence-corrected chi connectivity index (χ1v) is 6.70. The number of nitrogens with two attached hydrogens (primary N) is 1. The Kier molecular flexibility index (Phi) is 3.96. The van der Waals surface area contributed by atoms with E-state index in [9.17, 15) is 0 Å². The van der Waals surface area contributed by atoms with Crippen LogP contribution in [-0.2, 0) is 13.5 Å². The van der Waals surface area contributed by atoms with E-state index in [1.165, 1.54) is 0 Å². The van der Waals surface area contributed by atoms with Crippen molar-refractivity contribution in [2.45, 2.75) is 12.5 Å². The number of halogens is 2. The predicted molar refractivity (Wildman–Crippen MR) is 73.5 cm³/mol. The van der Waals surface area contributed by atoms with Gasteiger partial charge in [-0.1, -0.05) is 37.1 Å². The molecule has 6 heteroatoms. The SMILES string of the molecule is Cn1cc(CC(N)c2cc(Br)ccc2Br)nn1. The van der Waals surface area contributed by atoms with Gasteiger partial charge in [0.15, 0.2) is 0 Å². The van der Waals surface area contributed by atoms with Crippen LogP contribution in [0.5, 0.6) is 0 Å². The van der Waals surface area contributed by atoms with Gasteiger partial charge in [-0.05, 0) is 23.8 Å². The molecular formula is C11H12Br2N4. The lowest BCUT2D eigenvalue weighted by atomic mass is 10.0. The first-order valence-electron chi connectivity index (χ1n) is 5.12. The molecule has 0 amide bonds. The molecule has 90 valence electrons. The van der Waals surface area contributed by atoms with E-state index < -0.39 is 0 Å². The Morgan fingerprint density at radius 2 is 2.18 bits per heavy atom. The summed E-state index contributed by atoms with van der Waals surface area (Å²) < 4.78 is 3.71. The van der Waals surface area contributed by atoms with Gasteiger partial charge in [0, 0.05) is 34.7 Å². The normalized spacial score (nSPS) is 12.7. The van der Waals surface area contributed by atoms with Gasteiger partial charge < -0.3 is 5.73 Å². The standard InChI is InChI=1S/C11H12Br2N4/c1-17-6-8(15-16-17)5-11(14)9-4-7(12)2-3-10(9)13/h2-4,6,11H,5,14H2,1H3. The fourth-order valence-electron chi connectivity index (χ4n) is 1.62. The van der Waals surface area contributed by atoms with E-state index in [1.54, 1.807) is 4.68 Å². The Morgan fingerprint density at radius 1 is 1.41 bits per heavy atom. The van der Waals surface area contributed by atoms with Gasteiger partial charge in [-0.15, -0.1) is 5.10 Å². The summed E-state index contributed by atoms with van der Waals surface area (Å²) in [5, 5.41) is 7.93. The summed E-state index contributed by atoms with van der Waals surface area (Å²) in [5.74, 6) is 0. The van der Waals surface area contributed by atoms with Crippen LogP contribution in [0.4, 0.5) is 0 Å². The van der Waals surface area contributed by atoms with Gasteiger partial charge in [0.05, 0.1) is 5.69 Å². The van der Waals surface area contributed by atoms with E-state index in [0.29, 0.717) is 6.42 Å². The van der Waals surface area contributed by atoms with Crippen molar-refractivity contribution in [1.82, 2.24) is 15.0 Å². The van der Waals surface area contributed by atoms with E-state index in [4.69, 9.17) is 5.73 Å². The van der Waals surface area contributed by atoms with Crippen molar-refractivity contribution in [3.05, 3.63) is 44.6 Å². The topological polar surface area (TPSA) is 56.7 Å². The summed E-state index contributed by atoms with van der Waals surface area (Å²) in [6, 6.07) is 5.88. The first-order chi connectivity index (χ1) is 8.06. The quantitative estimate of drug-likeness (QED) is 0.916. The minimum atomic E-state index is -0.0985. The second-order valence-corrected chi connectivity index (χ2v) is 5.63. The van der Waals surface area contributed by atoms with Crippen LogP contribution in [0.1, 0.15) is 17.3 Å². The van der Waals surface area contributed by atoms with Crippen LogP contribution in [0.3, 0.4) is 0 Å². The molecule has 17 heavy (non-hydrogen) atoms. The highest BCUT2D eigenvalue weighted by atomic mass is 79.9. The maximum Gasteiger partial charge on any atom is 0.0845 e. The fraction of sp³-hybridized carbons (Fsp3) is 0.273. The molecule has 0 saturated carbocycles. The molecule has 0 spiro atoms. The molecule has 1 heterocycles. The Balaban J connectivity index is 2.19. The number of rotatable bonds is 3. The molecule has 1 atom stereocenters. The molecular weight excluding hydrogens is 348 g/mol. The Bertz CT molecular complexity index is 524. The molecule has 4 nitrogen and oxygen atoms in total. The van der Waals surface area contributed by atoms with Crippen molar-refractivity contribution in [2.24, 2.45) is 12.8 Å². The van der Waals surface area contributed by atoms with Gasteiger partial charge in [0.25, 0.3) is 0 Å². The molecule has 0 radical (unpaired) electrons. The Labute approximate surface area is 116 Å². The number of hydrogen-bond donors (Lipinski definition) is 1. The van der Waals surface area contributed by atoms with E-state index in [1.807, 2.05) is 31.4 Å². The molecule has 2 rings (SSSR count). The van der Waals surface area contributed by atoms with Crippen LogP contribution in [0.2, 0.25) is 0 Å². The van der Waals surface area contributed by atoms with Crippen molar-refractivity contribution in [3.8, 4) is 0 Å². The van der Waals surface area contributed by atoms with Crippen LogP contribution in [0.15, 0.2) is 33.3 Å². The minimum absolute atomic E-state index is 0.0985. The molecule has 1 aromatic carbocycles. The lowest BCUT2D eigenvalue weighted by molar-refractivity contribution is 0.691. The number of benzene rings is 1. The van der Waals surface area contributed by atoms with Gasteiger partial charge in [-0.25, -0.2) is 0 Å². The highest BCUT2D eigenvalue weighted by molar-refractivity contribution is 9.11. The Hall–Kier alpha value is -0.720. The van der Waals surface area contributed by atoms with E-state index in [-0.39, 0.29) is 6.04 Å². The summed E-state index contributed by atoms with van der Waals surface area (Å²) in [6.45, 7) is 0. The average molecular weight is 360 g/mol. The molecule has 0 bridgehead atoms. The lowest BCUT2D eigenvalue weighted by Gasteiger charge is -2.12. The van der Waals surface area contributed by atoms with Gasteiger partial charge in [-0.3, -0.25) is 4.68 Å². The second kappa shape index (κ2) is 5.29. The van der Waals surface area contributed by atoms with Crippen LogP contribution < -0.4 is 5.73 Å². The average Bonchev–Trinajstić information content (AvgIpc) is 2.67. The molecule has 0 aliphatic heterocycles. The third-order valence-electron chi connectivity index (χ3n) is 2.44. The number of nitrogens with zero attached hydrogens (tertiary/aromatic N) is 3. The summed E-state index contributed by atoms with van der Waals surface area (Å²) in [6.07, 6.45) is 2.55. The number of aromatic nitrogens is 3. The summed E-state index contributed by atoms with van der Waals surface area (Å²) >= 11 is 6.95. The molecule has 1 aromatic heterocycles. The van der Waals surface area contributed by atoms with Crippen molar-refractivity contribution in [1.29, 1.82) is 0 Å². The van der Waals surface area contributed by atoms with Crippen molar-refractivity contribution in [3.63, 3.8) is 0 Å². The summed E-state index contributed by atoms with van der Waals surface area (Å²) in [5.41, 5.74) is 8.13. The number of aryl methyl sites for hydroxylation is 1. The molecule has 1 unspecified atom stereocenters. The van der Waals surface area contributed by atoms with Crippen molar-refractivity contribution >= 4 is 31.9 Å². The van der Waals surface area contributed by atoms with Gasteiger partial charge in [-0.2, -0.15) is 0 Å². The predicted octanol–water partition coefficient (Wildman–Crippen LogP) is 2.58. The van der Waals surface area contributed by atoms with Gasteiger partial charge in [0.2, 0.25) is 0 Å². The highest BCUT2D eigenvalue weighted by Crippen LogP contribution is 2.27. The van der Waals surface area contributed by atoms with Crippen LogP contribution in [-0.4, -0.2) is 15.0 Å². The second-order valence-electron chi connectivity index (χ2n) is 3.86.